The first-order valence-corrected chi connectivity index (χ1v) is 7.80. The molecular weight excluding hydrogens is 320 g/mol. The average molecular weight is 344 g/mol. The summed E-state index contributed by atoms with van der Waals surface area (Å²) >= 11 is 0. The lowest BCUT2D eigenvalue weighted by Gasteiger charge is -2.39. The Morgan fingerprint density at radius 2 is 1.96 bits per heavy atom. The van der Waals surface area contributed by atoms with Crippen LogP contribution in [0, 0.1) is 0 Å². The molecule has 6 atom stereocenters. The van der Waals surface area contributed by atoms with Crippen molar-refractivity contribution in [3.63, 3.8) is 0 Å². The van der Waals surface area contributed by atoms with Gasteiger partial charge in [-0.15, -0.1) is 0 Å². The van der Waals surface area contributed by atoms with E-state index >= 15 is 0 Å². The van der Waals surface area contributed by atoms with Crippen LogP contribution in [0.2, 0.25) is 0 Å². The Labute approximate surface area is 140 Å². The second-order valence-electron chi connectivity index (χ2n) is 6.15. The van der Waals surface area contributed by atoms with E-state index in [0.717, 1.165) is 5.57 Å². The molecule has 4 N–H and O–H groups in total. The number of aliphatic hydroxyl groups excluding tert-OH is 4. The largest absolute Gasteiger partial charge is 0.454 e. The normalized spacial score (nSPS) is 38.2. The van der Waals surface area contributed by atoms with Crippen LogP contribution in [0.5, 0.6) is 0 Å². The zero-order valence-electron chi connectivity index (χ0n) is 13.7. The summed E-state index contributed by atoms with van der Waals surface area (Å²) in [5.41, 5.74) is 1.51. The Hall–Kier alpha value is -1.29. The first-order chi connectivity index (χ1) is 11.3. The summed E-state index contributed by atoms with van der Waals surface area (Å²) in [6.45, 7) is 3.26. The summed E-state index contributed by atoms with van der Waals surface area (Å²) < 4.78 is 15.7. The lowest BCUT2D eigenvalue weighted by molar-refractivity contribution is -0.298. The van der Waals surface area contributed by atoms with Crippen LogP contribution in [0.3, 0.4) is 0 Å². The third kappa shape index (κ3) is 4.41. The van der Waals surface area contributed by atoms with Crippen molar-refractivity contribution in [2.75, 3.05) is 13.2 Å². The molecule has 0 aliphatic carbocycles. The van der Waals surface area contributed by atoms with Gasteiger partial charge in [0.2, 0.25) is 0 Å². The minimum absolute atomic E-state index is 0.0470. The van der Waals surface area contributed by atoms with E-state index in [1.54, 1.807) is 0 Å². The lowest BCUT2D eigenvalue weighted by Crippen LogP contribution is -2.59. The Kier molecular flexibility index (Phi) is 6.50. The van der Waals surface area contributed by atoms with Gasteiger partial charge in [-0.3, -0.25) is 0 Å². The van der Waals surface area contributed by atoms with Crippen molar-refractivity contribution in [1.82, 2.24) is 0 Å². The van der Waals surface area contributed by atoms with Gasteiger partial charge in [-0.25, -0.2) is 4.79 Å². The molecule has 6 unspecified atom stereocenters. The molecule has 2 fully saturated rings. The second kappa shape index (κ2) is 8.19. The Balaban J connectivity index is 1.91. The molecule has 0 aromatic carbocycles. The minimum atomic E-state index is -1.49. The van der Waals surface area contributed by atoms with Gasteiger partial charge in [0.1, 0.15) is 30.5 Å². The molecule has 8 nitrogen and oxygen atoms in total. The van der Waals surface area contributed by atoms with Gasteiger partial charge >= 0.3 is 5.97 Å². The topological polar surface area (TPSA) is 126 Å². The molecule has 2 heterocycles. The van der Waals surface area contributed by atoms with Gasteiger partial charge in [0.15, 0.2) is 6.29 Å². The van der Waals surface area contributed by atoms with E-state index < -0.39 is 43.3 Å². The van der Waals surface area contributed by atoms with E-state index in [-0.39, 0.29) is 12.7 Å². The zero-order valence-corrected chi connectivity index (χ0v) is 13.7. The number of hydrogen-bond donors (Lipinski definition) is 4. The fourth-order valence-corrected chi connectivity index (χ4v) is 2.63. The number of ether oxygens (including phenoxy) is 3. The monoisotopic (exact) mass is 344 g/mol. The number of esters is 1. The predicted molar refractivity (Wildman–Crippen MR) is 81.7 cm³/mol. The third-order valence-electron chi connectivity index (χ3n) is 3.90. The van der Waals surface area contributed by atoms with Gasteiger partial charge in [-0.1, -0.05) is 5.57 Å². The third-order valence-corrected chi connectivity index (χ3v) is 3.90. The maximum absolute atomic E-state index is 11.7. The maximum Gasteiger partial charge on any atom is 0.334 e. The highest BCUT2D eigenvalue weighted by Gasteiger charge is 2.43. The van der Waals surface area contributed by atoms with Crippen LogP contribution in [-0.2, 0) is 19.0 Å². The highest BCUT2D eigenvalue weighted by Crippen LogP contribution is 2.24. The minimum Gasteiger partial charge on any atom is -0.454 e. The van der Waals surface area contributed by atoms with Crippen molar-refractivity contribution >= 4 is 5.97 Å². The van der Waals surface area contributed by atoms with Crippen LogP contribution in [0.25, 0.3) is 0 Å². The number of rotatable bonds is 5. The standard InChI is InChI=1S/C16H24O8/c1-8(2)5-10-6-9(15(21)23-10)3-4-22-16-14(20)13(19)12(18)11(7-17)24-16/h3,5,10-14,16-20H,4,6-7H2,1-2H3. The molecular formula is C16H24O8. The number of aliphatic hydroxyl groups is 4. The number of carbonyl (C=O) groups excluding carboxylic acids is 1. The molecule has 2 aliphatic heterocycles. The van der Waals surface area contributed by atoms with Crippen molar-refractivity contribution in [3.05, 3.63) is 23.3 Å². The average Bonchev–Trinajstić information content (AvgIpc) is 2.86. The highest BCUT2D eigenvalue weighted by molar-refractivity contribution is 5.90. The summed E-state index contributed by atoms with van der Waals surface area (Å²) in [6, 6.07) is 0. The Bertz CT molecular complexity index is 508. The van der Waals surface area contributed by atoms with Crippen molar-refractivity contribution < 1.29 is 39.4 Å². The number of carbonyl (C=O) groups is 1. The zero-order chi connectivity index (χ0) is 17.9. The molecule has 2 aliphatic rings. The van der Waals surface area contributed by atoms with Gasteiger partial charge in [0, 0.05) is 12.0 Å². The van der Waals surface area contributed by atoms with Gasteiger partial charge in [-0.05, 0) is 26.0 Å². The van der Waals surface area contributed by atoms with Crippen LogP contribution in [-0.4, -0.2) is 76.4 Å². The molecule has 0 aromatic heterocycles. The van der Waals surface area contributed by atoms with Gasteiger partial charge in [-0.2, -0.15) is 0 Å². The fraction of sp³-hybridized carbons (Fsp3) is 0.688. The molecule has 0 spiro atoms. The molecule has 24 heavy (non-hydrogen) atoms. The molecule has 0 amide bonds. The lowest BCUT2D eigenvalue weighted by atomic mass is 9.99. The highest BCUT2D eigenvalue weighted by atomic mass is 16.7. The molecule has 0 aromatic rings. The first-order valence-electron chi connectivity index (χ1n) is 7.80. The molecule has 0 bridgehead atoms. The van der Waals surface area contributed by atoms with Gasteiger partial charge in [0.25, 0.3) is 0 Å². The summed E-state index contributed by atoms with van der Waals surface area (Å²) in [4.78, 5) is 11.7. The predicted octanol–water partition coefficient (Wildman–Crippen LogP) is -0.989. The Morgan fingerprint density at radius 1 is 1.25 bits per heavy atom. The van der Waals surface area contributed by atoms with E-state index in [9.17, 15) is 20.1 Å². The SMILES string of the molecule is CC(C)=CC1CC(=CCOC2OC(CO)C(O)C(O)C2O)C(=O)O1. The van der Waals surface area contributed by atoms with Crippen molar-refractivity contribution in [1.29, 1.82) is 0 Å². The van der Waals surface area contributed by atoms with Crippen LogP contribution >= 0.6 is 0 Å². The molecule has 0 radical (unpaired) electrons. The quantitative estimate of drug-likeness (QED) is 0.285. The van der Waals surface area contributed by atoms with Crippen LogP contribution in [0.15, 0.2) is 23.3 Å². The van der Waals surface area contributed by atoms with E-state index in [1.807, 2.05) is 19.9 Å². The summed E-state index contributed by atoms with van der Waals surface area (Å²) in [7, 11) is 0. The van der Waals surface area contributed by atoms with E-state index in [2.05, 4.69) is 0 Å². The fourth-order valence-electron chi connectivity index (χ4n) is 2.63. The van der Waals surface area contributed by atoms with Crippen LogP contribution < -0.4 is 0 Å². The number of cyclic esters (lactones) is 1. The number of hydrogen-bond acceptors (Lipinski definition) is 8. The van der Waals surface area contributed by atoms with Crippen molar-refractivity contribution in [2.45, 2.75) is 57.1 Å². The smallest absolute Gasteiger partial charge is 0.334 e. The summed E-state index contributed by atoms with van der Waals surface area (Å²) in [5, 5.41) is 38.3. The molecule has 2 rings (SSSR count). The first kappa shape index (κ1) is 19.0. The van der Waals surface area contributed by atoms with Crippen LogP contribution in [0.1, 0.15) is 20.3 Å². The van der Waals surface area contributed by atoms with Gasteiger partial charge < -0.3 is 34.6 Å². The van der Waals surface area contributed by atoms with Crippen molar-refractivity contribution in [2.24, 2.45) is 0 Å². The summed E-state index contributed by atoms with van der Waals surface area (Å²) in [5.74, 6) is -0.421. The van der Waals surface area contributed by atoms with E-state index in [4.69, 9.17) is 19.3 Å². The molecule has 2 saturated heterocycles. The molecule has 0 saturated carbocycles. The van der Waals surface area contributed by atoms with E-state index in [0.29, 0.717) is 12.0 Å². The van der Waals surface area contributed by atoms with Crippen LogP contribution in [0.4, 0.5) is 0 Å². The van der Waals surface area contributed by atoms with E-state index in [1.165, 1.54) is 6.08 Å². The van der Waals surface area contributed by atoms with Gasteiger partial charge in [0.05, 0.1) is 13.2 Å². The summed E-state index contributed by atoms with van der Waals surface area (Å²) in [6.07, 6.45) is -3.11. The van der Waals surface area contributed by atoms with Crippen molar-refractivity contribution in [3.8, 4) is 0 Å². The Morgan fingerprint density at radius 3 is 2.58 bits per heavy atom. The molecule has 136 valence electrons. The molecule has 8 heteroatoms. The maximum atomic E-state index is 11.7. The second-order valence-corrected chi connectivity index (χ2v) is 6.15. The number of allylic oxidation sites excluding steroid dienone is 1.